The lowest BCUT2D eigenvalue weighted by molar-refractivity contribution is -0.154. The van der Waals surface area contributed by atoms with E-state index < -0.39 is 45.1 Å². The maximum Gasteiger partial charge on any atom is 0.472 e. The molecule has 0 rings (SSSR count). The van der Waals surface area contributed by atoms with E-state index in [4.69, 9.17) is 29.4 Å². The van der Waals surface area contributed by atoms with E-state index in [1.165, 1.54) is 64.2 Å². The van der Waals surface area contributed by atoms with Crippen LogP contribution in [0.5, 0.6) is 0 Å². The van der Waals surface area contributed by atoms with E-state index in [2.05, 4.69) is 74.6 Å². The maximum atomic E-state index is 12.6. The van der Waals surface area contributed by atoms with Crippen LogP contribution in [0.4, 0.5) is 0 Å². The number of unbranched alkanes of at least 4 members (excludes halogenated alkanes) is 15. The van der Waals surface area contributed by atoms with Crippen molar-refractivity contribution in [3.63, 3.8) is 0 Å². The molecule has 0 saturated heterocycles. The third-order valence-corrected chi connectivity index (χ3v) is 9.48. The Morgan fingerprint density at radius 3 is 1.61 bits per heavy atom. The number of carboxylic acids is 1. The second-order valence-corrected chi connectivity index (χ2v) is 15.2. The van der Waals surface area contributed by atoms with Gasteiger partial charge in [0.05, 0.1) is 19.8 Å². The predicted octanol–water partition coefficient (Wildman–Crippen LogP) is 11.3. The molecule has 0 radical (unpaired) electrons. The first-order chi connectivity index (χ1) is 26.2. The highest BCUT2D eigenvalue weighted by Gasteiger charge is 2.27. The first-order valence-corrected chi connectivity index (χ1v) is 22.3. The zero-order valence-corrected chi connectivity index (χ0v) is 34.7. The summed E-state index contributed by atoms with van der Waals surface area (Å²) in [6.07, 6.45) is 45.6. The smallest absolute Gasteiger partial charge is 0.472 e. The van der Waals surface area contributed by atoms with E-state index >= 15 is 0 Å². The van der Waals surface area contributed by atoms with Crippen LogP contribution in [0.25, 0.3) is 0 Å². The van der Waals surface area contributed by atoms with Crippen LogP contribution in [0, 0.1) is 0 Å². The monoisotopic (exact) mass is 782 g/mol. The van der Waals surface area contributed by atoms with Crippen LogP contribution in [-0.2, 0) is 32.7 Å². The summed E-state index contributed by atoms with van der Waals surface area (Å²) >= 11 is 0. The number of esters is 1. The second-order valence-electron chi connectivity index (χ2n) is 13.7. The lowest BCUT2D eigenvalue weighted by Crippen LogP contribution is -2.34. The fourth-order valence-corrected chi connectivity index (χ4v) is 6.07. The molecule has 0 bridgehead atoms. The highest BCUT2D eigenvalue weighted by Crippen LogP contribution is 2.43. The van der Waals surface area contributed by atoms with Gasteiger partial charge in [-0.2, -0.15) is 0 Å². The first kappa shape index (κ1) is 51.7. The fourth-order valence-electron chi connectivity index (χ4n) is 5.29. The number of aliphatic carboxylic acids is 1. The number of rotatable bonds is 39. The number of phosphoric ester groups is 1. The van der Waals surface area contributed by atoms with Crippen LogP contribution < -0.4 is 5.73 Å². The van der Waals surface area contributed by atoms with Crippen molar-refractivity contribution in [2.45, 2.75) is 174 Å². The molecule has 4 N–H and O–H groups in total. The standard InChI is InChI=1S/C43H76NO9P/c1-3-5-7-9-11-13-15-17-18-19-20-21-22-24-26-28-30-32-34-36-50-37-40(38-51-54(48,49)52-39-41(44)43(46)47)53-42(45)35-33-31-29-27-25-23-16-14-12-10-8-6-4-2/h6,8,12-15,18-19,23,25,40-41H,3-5,7,9-11,16-17,20-22,24,26-39,44H2,1-2H3,(H,46,47)(H,48,49)/b8-6-,14-12-,15-13-,19-18-,25-23-. The minimum atomic E-state index is -4.63. The van der Waals surface area contributed by atoms with Gasteiger partial charge in [-0.25, -0.2) is 4.57 Å². The highest BCUT2D eigenvalue weighted by atomic mass is 31.2. The number of hydrogen-bond donors (Lipinski definition) is 3. The van der Waals surface area contributed by atoms with Crippen LogP contribution in [-0.4, -0.2) is 60.5 Å². The van der Waals surface area contributed by atoms with Crippen molar-refractivity contribution in [3.05, 3.63) is 60.8 Å². The Kier molecular flexibility index (Phi) is 37.2. The molecule has 0 saturated carbocycles. The van der Waals surface area contributed by atoms with E-state index in [0.29, 0.717) is 13.0 Å². The summed E-state index contributed by atoms with van der Waals surface area (Å²) < 4.78 is 33.3. The average Bonchev–Trinajstić information content (AvgIpc) is 3.15. The molecule has 0 fully saturated rings. The summed E-state index contributed by atoms with van der Waals surface area (Å²) in [6, 6.07) is -1.48. The van der Waals surface area contributed by atoms with Crippen LogP contribution in [0.3, 0.4) is 0 Å². The van der Waals surface area contributed by atoms with Crippen molar-refractivity contribution in [2.24, 2.45) is 5.73 Å². The number of nitrogens with two attached hydrogens (primary N) is 1. The number of ether oxygens (including phenoxy) is 2. The Bertz CT molecular complexity index is 1090. The molecule has 0 aromatic heterocycles. The molecule has 3 atom stereocenters. The van der Waals surface area contributed by atoms with Gasteiger partial charge < -0.3 is 25.2 Å². The summed E-state index contributed by atoms with van der Waals surface area (Å²) in [5.74, 6) is -1.82. The molecule has 0 aliphatic heterocycles. The summed E-state index contributed by atoms with van der Waals surface area (Å²) in [7, 11) is -4.63. The van der Waals surface area contributed by atoms with E-state index in [-0.39, 0.29) is 13.0 Å². The molecule has 11 heteroatoms. The Morgan fingerprint density at radius 2 is 1.07 bits per heavy atom. The second kappa shape index (κ2) is 38.9. The molecule has 312 valence electrons. The largest absolute Gasteiger partial charge is 0.480 e. The maximum absolute atomic E-state index is 12.6. The molecular weight excluding hydrogens is 705 g/mol. The third kappa shape index (κ3) is 38.0. The Morgan fingerprint density at radius 1 is 0.611 bits per heavy atom. The van der Waals surface area contributed by atoms with Gasteiger partial charge in [0.2, 0.25) is 0 Å². The summed E-state index contributed by atoms with van der Waals surface area (Å²) in [5, 5.41) is 8.88. The quantitative estimate of drug-likeness (QED) is 0.0237. The zero-order chi connectivity index (χ0) is 39.8. The number of allylic oxidation sites excluding steroid dienone is 10. The lowest BCUT2D eigenvalue weighted by atomic mass is 10.1. The van der Waals surface area contributed by atoms with E-state index in [0.717, 1.165) is 70.6 Å². The summed E-state index contributed by atoms with van der Waals surface area (Å²) in [5.41, 5.74) is 5.34. The molecule has 0 aliphatic rings. The number of carboxylic acid groups (broad SMARTS) is 1. The van der Waals surface area contributed by atoms with Gasteiger partial charge in [0.1, 0.15) is 12.1 Å². The van der Waals surface area contributed by atoms with Gasteiger partial charge in [-0.15, -0.1) is 0 Å². The van der Waals surface area contributed by atoms with Crippen LogP contribution >= 0.6 is 7.82 Å². The van der Waals surface area contributed by atoms with Gasteiger partial charge in [-0.05, 0) is 77.0 Å². The van der Waals surface area contributed by atoms with Crippen molar-refractivity contribution in [1.29, 1.82) is 0 Å². The van der Waals surface area contributed by atoms with Gasteiger partial charge in [-0.1, -0.05) is 139 Å². The molecule has 0 spiro atoms. The zero-order valence-electron chi connectivity index (χ0n) is 33.8. The normalized spacial score (nSPS) is 14.6. The van der Waals surface area contributed by atoms with Crippen molar-refractivity contribution in [3.8, 4) is 0 Å². The molecular formula is C43H76NO9P. The van der Waals surface area contributed by atoms with Gasteiger partial charge >= 0.3 is 19.8 Å². The molecule has 0 aliphatic carbocycles. The topological polar surface area (TPSA) is 155 Å². The van der Waals surface area contributed by atoms with E-state index in [9.17, 15) is 19.0 Å². The molecule has 0 aromatic carbocycles. The Hall–Kier alpha value is -2.33. The van der Waals surface area contributed by atoms with Gasteiger partial charge in [0.15, 0.2) is 0 Å². The number of hydrogen-bond acceptors (Lipinski definition) is 8. The summed E-state index contributed by atoms with van der Waals surface area (Å²) in [6.45, 7) is 3.68. The van der Waals surface area contributed by atoms with E-state index in [1.807, 2.05) is 0 Å². The third-order valence-electron chi connectivity index (χ3n) is 8.53. The van der Waals surface area contributed by atoms with Crippen molar-refractivity contribution < 1.29 is 42.7 Å². The number of carbonyl (C=O) groups is 2. The molecule has 0 amide bonds. The first-order valence-electron chi connectivity index (χ1n) is 20.8. The molecule has 54 heavy (non-hydrogen) atoms. The summed E-state index contributed by atoms with van der Waals surface area (Å²) in [4.78, 5) is 33.4. The minimum absolute atomic E-state index is 0.00169. The van der Waals surface area contributed by atoms with Gasteiger partial charge in [0, 0.05) is 13.0 Å². The minimum Gasteiger partial charge on any atom is -0.480 e. The van der Waals surface area contributed by atoms with Gasteiger partial charge in [-0.3, -0.25) is 18.6 Å². The van der Waals surface area contributed by atoms with Crippen molar-refractivity contribution in [1.82, 2.24) is 0 Å². The Balaban J connectivity index is 4.29. The predicted molar refractivity (Wildman–Crippen MR) is 221 cm³/mol. The average molecular weight is 782 g/mol. The number of carbonyl (C=O) groups excluding carboxylic acids is 1. The SMILES string of the molecule is CC/C=C\C/C=C\C/C=C\CCCCCC(=O)OC(COCCCCCCCCCC/C=C\C/C=C\CCCCCC)COP(=O)(O)OCC(N)C(=O)O. The van der Waals surface area contributed by atoms with Crippen LogP contribution in [0.2, 0.25) is 0 Å². The van der Waals surface area contributed by atoms with Gasteiger partial charge in [0.25, 0.3) is 0 Å². The lowest BCUT2D eigenvalue weighted by Gasteiger charge is -2.20. The number of phosphoric acid groups is 1. The molecule has 3 unspecified atom stereocenters. The van der Waals surface area contributed by atoms with Crippen molar-refractivity contribution in [2.75, 3.05) is 26.4 Å². The fraction of sp³-hybridized carbons (Fsp3) is 0.721. The molecule has 0 aromatic rings. The Labute approximate surface area is 328 Å². The van der Waals surface area contributed by atoms with Crippen molar-refractivity contribution >= 4 is 19.8 Å². The molecule has 0 heterocycles. The molecule has 10 nitrogen and oxygen atoms in total. The van der Waals surface area contributed by atoms with E-state index in [1.54, 1.807) is 0 Å². The van der Waals surface area contributed by atoms with Crippen LogP contribution in [0.15, 0.2) is 60.8 Å². The highest BCUT2D eigenvalue weighted by molar-refractivity contribution is 7.47. The van der Waals surface area contributed by atoms with Crippen LogP contribution in [0.1, 0.15) is 162 Å².